The van der Waals surface area contributed by atoms with E-state index in [1.54, 1.807) is 20.8 Å². The average molecular weight is 243 g/mol. The van der Waals surface area contributed by atoms with Crippen LogP contribution in [-0.2, 0) is 11.0 Å². The van der Waals surface area contributed by atoms with E-state index in [2.05, 4.69) is 4.72 Å². The van der Waals surface area contributed by atoms with Crippen LogP contribution in [0.2, 0.25) is 0 Å². The number of nitrogens with one attached hydrogen (secondary N) is 1. The van der Waals surface area contributed by atoms with Crippen LogP contribution in [0.15, 0.2) is 0 Å². The van der Waals surface area contributed by atoms with E-state index in [0.29, 0.717) is 12.8 Å². The summed E-state index contributed by atoms with van der Waals surface area (Å²) in [5.41, 5.74) is 0. The van der Waals surface area contributed by atoms with E-state index < -0.39 is 33.9 Å². The summed E-state index contributed by atoms with van der Waals surface area (Å²) in [7, 11) is -1.66. The first kappa shape index (κ1) is 13.0. The minimum Gasteiger partial charge on any atom is -0.242 e. The molecule has 0 saturated heterocycles. The van der Waals surface area contributed by atoms with Gasteiger partial charge in [0.1, 0.15) is 6.04 Å². The lowest BCUT2D eigenvalue weighted by molar-refractivity contribution is -0.155. The Morgan fingerprint density at radius 1 is 1.27 bits per heavy atom. The standard InChI is InChI=1S/C9H16F3NOS/c1-8(2,3)15(14)13-7(6-4-5-6)9(10,11)12/h6-7,13H,4-5H2,1-3H3/t7-,15-/m1/s1. The second-order valence-electron chi connectivity index (χ2n) is 4.86. The first-order chi connectivity index (χ1) is 6.62. The van der Waals surface area contributed by atoms with Crippen molar-refractivity contribution in [2.24, 2.45) is 5.92 Å². The molecule has 6 heteroatoms. The molecule has 0 bridgehead atoms. The van der Waals surface area contributed by atoms with Crippen LogP contribution in [0.3, 0.4) is 0 Å². The molecule has 0 aromatic heterocycles. The molecular formula is C9H16F3NOS. The molecule has 2 nitrogen and oxygen atoms in total. The van der Waals surface area contributed by atoms with E-state index in [9.17, 15) is 17.4 Å². The number of hydrogen-bond donors (Lipinski definition) is 1. The van der Waals surface area contributed by atoms with Gasteiger partial charge in [-0.1, -0.05) is 0 Å². The van der Waals surface area contributed by atoms with Gasteiger partial charge in [0, 0.05) is 0 Å². The van der Waals surface area contributed by atoms with Crippen LogP contribution in [0.25, 0.3) is 0 Å². The van der Waals surface area contributed by atoms with Gasteiger partial charge < -0.3 is 0 Å². The Bertz CT molecular complexity index is 255. The lowest BCUT2D eigenvalue weighted by atomic mass is 10.2. The fraction of sp³-hybridized carbons (Fsp3) is 1.00. The molecule has 0 amide bonds. The molecule has 1 aliphatic carbocycles. The third kappa shape index (κ3) is 3.75. The largest absolute Gasteiger partial charge is 0.405 e. The fourth-order valence-electron chi connectivity index (χ4n) is 1.15. The second-order valence-corrected chi connectivity index (χ2v) is 6.85. The zero-order valence-electron chi connectivity index (χ0n) is 9.02. The van der Waals surface area contributed by atoms with Crippen molar-refractivity contribution in [1.82, 2.24) is 4.72 Å². The molecule has 1 rings (SSSR count). The predicted octanol–water partition coefficient (Wildman–Crippen LogP) is 2.38. The van der Waals surface area contributed by atoms with E-state index in [1.807, 2.05) is 0 Å². The molecule has 0 spiro atoms. The molecule has 90 valence electrons. The molecular weight excluding hydrogens is 227 g/mol. The van der Waals surface area contributed by atoms with E-state index in [-0.39, 0.29) is 0 Å². The van der Waals surface area contributed by atoms with Gasteiger partial charge in [0.2, 0.25) is 0 Å². The van der Waals surface area contributed by atoms with Crippen LogP contribution in [0.4, 0.5) is 13.2 Å². The first-order valence-electron chi connectivity index (χ1n) is 4.87. The van der Waals surface area contributed by atoms with E-state index >= 15 is 0 Å². The highest BCUT2D eigenvalue weighted by Crippen LogP contribution is 2.40. The molecule has 1 aliphatic rings. The summed E-state index contributed by atoms with van der Waals surface area (Å²) in [4.78, 5) is 0. The first-order valence-corrected chi connectivity index (χ1v) is 6.02. The third-order valence-electron chi connectivity index (χ3n) is 2.24. The second kappa shape index (κ2) is 4.05. The quantitative estimate of drug-likeness (QED) is 0.810. The van der Waals surface area contributed by atoms with Gasteiger partial charge in [-0.15, -0.1) is 0 Å². The van der Waals surface area contributed by atoms with Gasteiger partial charge in [-0.25, -0.2) is 8.93 Å². The normalized spacial score (nSPS) is 22.5. The van der Waals surface area contributed by atoms with Gasteiger partial charge >= 0.3 is 6.18 Å². The van der Waals surface area contributed by atoms with Crippen molar-refractivity contribution in [3.05, 3.63) is 0 Å². The third-order valence-corrected chi connectivity index (χ3v) is 3.82. The van der Waals surface area contributed by atoms with Crippen molar-refractivity contribution in [3.8, 4) is 0 Å². The van der Waals surface area contributed by atoms with Crippen LogP contribution in [0, 0.1) is 5.92 Å². The lowest BCUT2D eigenvalue weighted by Gasteiger charge is -2.25. The Balaban J connectivity index is 2.64. The summed E-state index contributed by atoms with van der Waals surface area (Å²) in [5, 5.41) is 0. The van der Waals surface area contributed by atoms with Crippen molar-refractivity contribution >= 4 is 11.0 Å². The van der Waals surface area contributed by atoms with Crippen molar-refractivity contribution < 1.29 is 17.4 Å². The Labute approximate surface area is 90.2 Å². The molecule has 1 saturated carbocycles. The number of alkyl halides is 3. The number of halogens is 3. The van der Waals surface area contributed by atoms with Gasteiger partial charge in [0.15, 0.2) is 0 Å². The predicted molar refractivity (Wildman–Crippen MR) is 53.6 cm³/mol. The molecule has 0 heterocycles. The van der Waals surface area contributed by atoms with E-state index in [1.165, 1.54) is 0 Å². The molecule has 0 radical (unpaired) electrons. The molecule has 2 atom stereocenters. The zero-order valence-corrected chi connectivity index (χ0v) is 9.84. The van der Waals surface area contributed by atoms with Gasteiger partial charge in [0.05, 0.1) is 15.7 Å². The Hall–Kier alpha value is -0.100. The monoisotopic (exact) mass is 243 g/mol. The Morgan fingerprint density at radius 2 is 1.73 bits per heavy atom. The van der Waals surface area contributed by atoms with E-state index in [4.69, 9.17) is 0 Å². The Kier molecular flexibility index (Phi) is 3.50. The highest BCUT2D eigenvalue weighted by Gasteiger charge is 2.50. The molecule has 0 unspecified atom stereocenters. The van der Waals surface area contributed by atoms with Crippen LogP contribution < -0.4 is 4.72 Å². The summed E-state index contributed by atoms with van der Waals surface area (Å²) >= 11 is 0. The van der Waals surface area contributed by atoms with Crippen LogP contribution in [0.5, 0.6) is 0 Å². The Morgan fingerprint density at radius 3 is 2.00 bits per heavy atom. The summed E-state index contributed by atoms with van der Waals surface area (Å²) in [5.74, 6) is -0.392. The smallest absolute Gasteiger partial charge is 0.242 e. The SMILES string of the molecule is CC(C)(C)[S@@](=O)N[C@H](C1CC1)C(F)(F)F. The molecule has 1 N–H and O–H groups in total. The summed E-state index contributed by atoms with van der Waals surface area (Å²) in [6, 6.07) is -1.61. The van der Waals surface area contributed by atoms with Crippen LogP contribution in [-0.4, -0.2) is 21.2 Å². The summed E-state index contributed by atoms with van der Waals surface area (Å²) < 4.78 is 50.8. The minimum absolute atomic E-state index is 0.392. The van der Waals surface area contributed by atoms with Gasteiger partial charge in [0.25, 0.3) is 0 Å². The minimum atomic E-state index is -4.30. The number of hydrogen-bond acceptors (Lipinski definition) is 1. The van der Waals surface area contributed by atoms with Crippen LogP contribution in [0.1, 0.15) is 33.6 Å². The van der Waals surface area contributed by atoms with Crippen molar-refractivity contribution in [3.63, 3.8) is 0 Å². The summed E-state index contributed by atoms with van der Waals surface area (Å²) in [6.07, 6.45) is -3.17. The molecule has 0 aromatic carbocycles. The van der Waals surface area contributed by atoms with Crippen molar-refractivity contribution in [2.75, 3.05) is 0 Å². The average Bonchev–Trinajstić information content (AvgIpc) is 2.77. The molecule has 0 aromatic rings. The maximum Gasteiger partial charge on any atom is 0.405 e. The fourth-order valence-corrected chi connectivity index (χ4v) is 2.06. The highest BCUT2D eigenvalue weighted by atomic mass is 32.2. The number of rotatable bonds is 3. The molecule has 15 heavy (non-hydrogen) atoms. The molecule has 0 aliphatic heterocycles. The van der Waals surface area contributed by atoms with Gasteiger partial charge in [-0.2, -0.15) is 13.2 Å². The zero-order chi connectivity index (χ0) is 11.9. The van der Waals surface area contributed by atoms with Crippen LogP contribution >= 0.6 is 0 Å². The lowest BCUT2D eigenvalue weighted by Crippen LogP contribution is -2.48. The maximum atomic E-state index is 12.6. The van der Waals surface area contributed by atoms with Gasteiger partial charge in [-0.05, 0) is 39.5 Å². The van der Waals surface area contributed by atoms with Gasteiger partial charge in [-0.3, -0.25) is 0 Å². The maximum absolute atomic E-state index is 12.6. The van der Waals surface area contributed by atoms with Crippen molar-refractivity contribution in [2.45, 2.75) is 50.6 Å². The van der Waals surface area contributed by atoms with Crippen molar-refractivity contribution in [1.29, 1.82) is 0 Å². The highest BCUT2D eigenvalue weighted by molar-refractivity contribution is 7.84. The van der Waals surface area contributed by atoms with E-state index in [0.717, 1.165) is 0 Å². The molecule has 1 fully saturated rings. The summed E-state index contributed by atoms with van der Waals surface area (Å²) in [6.45, 7) is 4.95. The topological polar surface area (TPSA) is 29.1 Å².